The Morgan fingerprint density at radius 3 is 2.31 bits per heavy atom. The fourth-order valence-corrected chi connectivity index (χ4v) is 4.10. The minimum absolute atomic E-state index is 0.00740. The molecule has 6 nitrogen and oxygen atoms in total. The number of hydrogen-bond acceptors (Lipinski definition) is 5. The first-order valence-corrected chi connectivity index (χ1v) is 12.0. The third-order valence-electron chi connectivity index (χ3n) is 5.90. The maximum absolute atomic E-state index is 12.3. The van der Waals surface area contributed by atoms with Crippen molar-refractivity contribution in [2.45, 2.75) is 45.6 Å². The Hall–Kier alpha value is -3.93. The summed E-state index contributed by atoms with van der Waals surface area (Å²) in [4.78, 5) is 27.5. The molecule has 0 amide bonds. The van der Waals surface area contributed by atoms with Crippen LogP contribution in [0.1, 0.15) is 61.5 Å². The maximum atomic E-state index is 12.3. The zero-order chi connectivity index (χ0) is 24.8. The first-order valence-electron chi connectivity index (χ1n) is 12.0. The van der Waals surface area contributed by atoms with E-state index in [9.17, 15) is 9.59 Å². The summed E-state index contributed by atoms with van der Waals surface area (Å²) in [6, 6.07) is 23.5. The Morgan fingerprint density at radius 1 is 0.943 bits per heavy atom. The highest BCUT2D eigenvalue weighted by Gasteiger charge is 2.16. The summed E-state index contributed by atoms with van der Waals surface area (Å²) in [7, 11) is 0. The number of carbonyl (C=O) groups excluding carboxylic acids is 1. The van der Waals surface area contributed by atoms with Crippen molar-refractivity contribution in [1.29, 1.82) is 0 Å². The van der Waals surface area contributed by atoms with Gasteiger partial charge >= 0.3 is 5.97 Å². The van der Waals surface area contributed by atoms with Crippen molar-refractivity contribution in [3.8, 4) is 11.5 Å². The average molecular weight is 471 g/mol. The molecule has 4 rings (SSSR count). The van der Waals surface area contributed by atoms with Crippen LogP contribution in [0.2, 0.25) is 0 Å². The number of nitrogens with zero attached hydrogens (tertiary/aromatic N) is 1. The lowest BCUT2D eigenvalue weighted by Crippen LogP contribution is -2.13. The van der Waals surface area contributed by atoms with Crippen LogP contribution in [-0.4, -0.2) is 21.8 Å². The van der Waals surface area contributed by atoms with Gasteiger partial charge in [0.15, 0.2) is 11.4 Å². The number of oxazole rings is 1. The summed E-state index contributed by atoms with van der Waals surface area (Å²) < 4.78 is 5.90. The van der Waals surface area contributed by atoms with Gasteiger partial charge in [0.1, 0.15) is 5.52 Å². The van der Waals surface area contributed by atoms with E-state index < -0.39 is 5.97 Å². The van der Waals surface area contributed by atoms with Crippen molar-refractivity contribution in [2.75, 3.05) is 5.32 Å². The Morgan fingerprint density at radius 2 is 1.66 bits per heavy atom. The first kappa shape index (κ1) is 24.2. The molecule has 6 heteroatoms. The number of benzene rings is 3. The highest BCUT2D eigenvalue weighted by Crippen LogP contribution is 2.29. The SMILES string of the molecule is CC(C)C[C@H](Nc1ccc(C(=O)CCCC(=O)O)cc1)c1ccc(-c2nc3ccccc3o2)cc1. The molecule has 1 atom stereocenters. The highest BCUT2D eigenvalue weighted by molar-refractivity contribution is 5.96. The zero-order valence-electron chi connectivity index (χ0n) is 20.0. The van der Waals surface area contributed by atoms with Crippen LogP contribution < -0.4 is 5.32 Å². The molecule has 1 aromatic heterocycles. The molecule has 0 bridgehead atoms. The average Bonchev–Trinajstić information content (AvgIpc) is 3.28. The molecule has 2 N–H and O–H groups in total. The topological polar surface area (TPSA) is 92.4 Å². The van der Waals surface area contributed by atoms with Gasteiger partial charge in [0, 0.05) is 29.7 Å². The molecule has 1 heterocycles. The number of carbonyl (C=O) groups is 2. The van der Waals surface area contributed by atoms with Crippen molar-refractivity contribution in [3.63, 3.8) is 0 Å². The van der Waals surface area contributed by atoms with Crippen molar-refractivity contribution < 1.29 is 19.1 Å². The van der Waals surface area contributed by atoms with E-state index in [0.29, 0.717) is 23.8 Å². The number of rotatable bonds is 11. The van der Waals surface area contributed by atoms with Gasteiger partial charge in [0.2, 0.25) is 5.89 Å². The lowest BCUT2D eigenvalue weighted by atomic mass is 9.95. The molecule has 4 aromatic rings. The molecule has 0 aliphatic rings. The van der Waals surface area contributed by atoms with Crippen LogP contribution in [0.15, 0.2) is 77.2 Å². The predicted molar refractivity (Wildman–Crippen MR) is 138 cm³/mol. The van der Waals surface area contributed by atoms with Crippen molar-refractivity contribution in [2.24, 2.45) is 5.92 Å². The standard InChI is InChI=1S/C29H30N2O4/c1-19(2)18-25(30-23-16-14-21(15-17-23)26(32)7-5-9-28(33)34)20-10-12-22(13-11-20)29-31-24-6-3-4-8-27(24)35-29/h3-4,6,8,10-17,19,25,30H,5,7,9,18H2,1-2H3,(H,33,34)/t25-/m0/s1. The molecule has 3 aromatic carbocycles. The Bertz CT molecular complexity index is 1260. The van der Waals surface area contributed by atoms with Crippen LogP contribution in [0.25, 0.3) is 22.6 Å². The van der Waals surface area contributed by atoms with Gasteiger partial charge in [0.05, 0.1) is 6.04 Å². The monoisotopic (exact) mass is 470 g/mol. The number of aliphatic carboxylic acids is 1. The summed E-state index contributed by atoms with van der Waals surface area (Å²) in [5, 5.41) is 12.4. The van der Waals surface area contributed by atoms with Crippen LogP contribution in [0.3, 0.4) is 0 Å². The van der Waals surface area contributed by atoms with Gasteiger partial charge < -0.3 is 14.8 Å². The molecule has 0 saturated heterocycles. The highest BCUT2D eigenvalue weighted by atomic mass is 16.4. The number of fused-ring (bicyclic) bond motifs is 1. The molecule has 0 fully saturated rings. The van der Waals surface area contributed by atoms with Crippen molar-refractivity contribution >= 4 is 28.5 Å². The second kappa shape index (κ2) is 11.0. The number of aromatic nitrogens is 1. The summed E-state index contributed by atoms with van der Waals surface area (Å²) >= 11 is 0. The minimum atomic E-state index is -0.879. The van der Waals surface area contributed by atoms with Crippen LogP contribution in [0.5, 0.6) is 0 Å². The van der Waals surface area contributed by atoms with E-state index in [2.05, 4.69) is 36.3 Å². The van der Waals surface area contributed by atoms with Gasteiger partial charge in [-0.2, -0.15) is 0 Å². The van der Waals surface area contributed by atoms with Gasteiger partial charge in [-0.15, -0.1) is 0 Å². The Balaban J connectivity index is 1.46. The molecule has 0 radical (unpaired) electrons. The van der Waals surface area contributed by atoms with Gasteiger partial charge in [-0.3, -0.25) is 9.59 Å². The molecule has 0 unspecified atom stereocenters. The Kier molecular flexibility index (Phi) is 7.60. The van der Waals surface area contributed by atoms with E-state index in [4.69, 9.17) is 9.52 Å². The van der Waals surface area contributed by atoms with Crippen molar-refractivity contribution in [3.05, 3.63) is 83.9 Å². The number of para-hydroxylation sites is 2. The van der Waals surface area contributed by atoms with E-state index >= 15 is 0 Å². The number of ketones is 1. The van der Waals surface area contributed by atoms with E-state index in [1.54, 1.807) is 12.1 Å². The van der Waals surface area contributed by atoms with E-state index in [1.807, 2.05) is 48.5 Å². The summed E-state index contributed by atoms with van der Waals surface area (Å²) in [6.45, 7) is 4.39. The van der Waals surface area contributed by atoms with Gasteiger partial charge in [-0.25, -0.2) is 4.98 Å². The van der Waals surface area contributed by atoms with Crippen LogP contribution in [0, 0.1) is 5.92 Å². The number of nitrogens with one attached hydrogen (secondary N) is 1. The third-order valence-corrected chi connectivity index (χ3v) is 5.90. The Labute approximate surface area is 205 Å². The lowest BCUT2D eigenvalue weighted by molar-refractivity contribution is -0.137. The molecule has 0 saturated carbocycles. The number of carboxylic acids is 1. The fraction of sp³-hybridized carbons (Fsp3) is 0.276. The van der Waals surface area contributed by atoms with Crippen molar-refractivity contribution in [1.82, 2.24) is 4.98 Å². The van der Waals surface area contributed by atoms with E-state index in [-0.39, 0.29) is 24.7 Å². The molecule has 180 valence electrons. The normalized spacial score (nSPS) is 12.1. The first-order chi connectivity index (χ1) is 16.9. The largest absolute Gasteiger partial charge is 0.481 e. The minimum Gasteiger partial charge on any atom is -0.481 e. The predicted octanol–water partition coefficient (Wildman–Crippen LogP) is 7.13. The maximum Gasteiger partial charge on any atom is 0.303 e. The quantitative estimate of drug-likeness (QED) is 0.227. The molecule has 0 aliphatic heterocycles. The lowest BCUT2D eigenvalue weighted by Gasteiger charge is -2.22. The van der Waals surface area contributed by atoms with Gasteiger partial charge in [-0.1, -0.05) is 38.1 Å². The second-order valence-electron chi connectivity index (χ2n) is 9.18. The van der Waals surface area contributed by atoms with Gasteiger partial charge in [-0.05, 0) is 72.9 Å². The van der Waals surface area contributed by atoms with Crippen LogP contribution in [-0.2, 0) is 4.79 Å². The van der Waals surface area contributed by atoms with Gasteiger partial charge in [0.25, 0.3) is 0 Å². The number of Topliss-reactive ketones (excluding diaryl/α,β-unsaturated/α-hetero) is 1. The van der Waals surface area contributed by atoms with Crippen LogP contribution in [0.4, 0.5) is 5.69 Å². The van der Waals surface area contributed by atoms with E-state index in [1.165, 1.54) is 0 Å². The number of anilines is 1. The fourth-order valence-electron chi connectivity index (χ4n) is 4.10. The molecular formula is C29H30N2O4. The van der Waals surface area contributed by atoms with Crippen LogP contribution >= 0.6 is 0 Å². The summed E-state index contributed by atoms with van der Waals surface area (Å²) in [5.41, 5.74) is 5.24. The number of carboxylic acid groups (broad SMARTS) is 1. The smallest absolute Gasteiger partial charge is 0.303 e. The van der Waals surface area contributed by atoms with E-state index in [0.717, 1.165) is 34.3 Å². The molecular weight excluding hydrogens is 440 g/mol. The zero-order valence-corrected chi connectivity index (χ0v) is 20.0. The summed E-state index contributed by atoms with van der Waals surface area (Å²) in [6.07, 6.45) is 1.54. The third kappa shape index (κ3) is 6.35. The molecule has 0 aliphatic carbocycles. The second-order valence-corrected chi connectivity index (χ2v) is 9.18. The molecule has 0 spiro atoms. The summed E-state index contributed by atoms with van der Waals surface area (Å²) in [5.74, 6) is 0.177. The number of hydrogen-bond donors (Lipinski definition) is 2. The molecule has 35 heavy (non-hydrogen) atoms.